The molecule has 172 valence electrons. The fraction of sp³-hybridized carbons (Fsp3) is 0.609. The molecule has 4 heterocycles. The molecule has 32 heavy (non-hydrogen) atoms. The van der Waals surface area contributed by atoms with Gasteiger partial charge in [-0.05, 0) is 49.5 Å². The molecular weight excluding hydrogens is 412 g/mol. The van der Waals surface area contributed by atoms with Gasteiger partial charge in [0.15, 0.2) is 0 Å². The third-order valence-electron chi connectivity index (χ3n) is 6.89. The predicted molar refractivity (Wildman–Crippen MR) is 115 cm³/mol. The van der Waals surface area contributed by atoms with Gasteiger partial charge < -0.3 is 25.0 Å². The lowest BCUT2D eigenvalue weighted by atomic mass is 9.92. The van der Waals surface area contributed by atoms with E-state index in [-0.39, 0.29) is 35.8 Å². The Labute approximate surface area is 187 Å². The van der Waals surface area contributed by atoms with E-state index >= 15 is 0 Å². The zero-order valence-corrected chi connectivity index (χ0v) is 18.2. The Morgan fingerprint density at radius 1 is 1.19 bits per heavy atom. The summed E-state index contributed by atoms with van der Waals surface area (Å²) in [7, 11) is 0. The van der Waals surface area contributed by atoms with Gasteiger partial charge in [0.05, 0.1) is 24.9 Å². The summed E-state index contributed by atoms with van der Waals surface area (Å²) in [5, 5.41) is 9.17. The minimum Gasteiger partial charge on any atom is -0.376 e. The summed E-state index contributed by atoms with van der Waals surface area (Å²) in [5.41, 5.74) is 2.48. The highest BCUT2D eigenvalue weighted by Crippen LogP contribution is 2.30. The summed E-state index contributed by atoms with van der Waals surface area (Å²) in [6, 6.07) is 5.23. The maximum Gasteiger partial charge on any atom is 0.255 e. The van der Waals surface area contributed by atoms with Gasteiger partial charge in [-0.15, -0.1) is 0 Å². The number of hydrogen-bond donors (Lipinski definition) is 3. The molecule has 3 N–H and O–H groups in total. The number of benzene rings is 1. The van der Waals surface area contributed by atoms with Crippen LogP contribution in [0, 0.1) is 0 Å². The van der Waals surface area contributed by atoms with Crippen LogP contribution >= 0.6 is 0 Å². The molecule has 0 aromatic heterocycles. The van der Waals surface area contributed by atoms with E-state index < -0.39 is 6.04 Å². The topological polar surface area (TPSA) is 109 Å². The summed E-state index contributed by atoms with van der Waals surface area (Å²) >= 11 is 0. The third-order valence-corrected chi connectivity index (χ3v) is 6.89. The van der Waals surface area contributed by atoms with E-state index in [1.54, 1.807) is 4.90 Å². The third kappa shape index (κ3) is 4.30. The van der Waals surface area contributed by atoms with Crippen LogP contribution in [-0.2, 0) is 32.2 Å². The van der Waals surface area contributed by atoms with Crippen molar-refractivity contribution in [2.24, 2.45) is 0 Å². The molecule has 0 aliphatic carbocycles. The van der Waals surface area contributed by atoms with Crippen LogP contribution in [0.1, 0.15) is 47.2 Å². The van der Waals surface area contributed by atoms with Gasteiger partial charge in [0.2, 0.25) is 11.8 Å². The highest BCUT2D eigenvalue weighted by molar-refractivity contribution is 6.05. The second-order valence-electron chi connectivity index (χ2n) is 9.21. The zero-order chi connectivity index (χ0) is 22.1. The largest absolute Gasteiger partial charge is 0.376 e. The van der Waals surface area contributed by atoms with Crippen LogP contribution in [-0.4, -0.2) is 73.2 Å². The highest BCUT2D eigenvalue weighted by atomic mass is 16.6. The number of rotatable bonds is 5. The van der Waals surface area contributed by atoms with Crippen molar-refractivity contribution in [1.29, 1.82) is 0 Å². The Morgan fingerprint density at radius 3 is 2.84 bits per heavy atom. The molecule has 0 bridgehead atoms. The molecule has 1 aromatic carbocycles. The van der Waals surface area contributed by atoms with Gasteiger partial charge in [-0.3, -0.25) is 19.7 Å². The first-order chi connectivity index (χ1) is 15.5. The van der Waals surface area contributed by atoms with Crippen molar-refractivity contribution in [2.45, 2.75) is 56.5 Å². The molecule has 1 spiro atoms. The van der Waals surface area contributed by atoms with Crippen molar-refractivity contribution in [2.75, 3.05) is 32.8 Å². The van der Waals surface area contributed by atoms with E-state index in [1.165, 1.54) is 0 Å². The SMILES string of the molecule is O=C1CCC(N2Cc3cc(CNCC4COCC5(CCNCC5)O4)ccc3C2=O)C(=O)N1. The Hall–Kier alpha value is -2.33. The van der Waals surface area contributed by atoms with E-state index in [4.69, 9.17) is 9.47 Å². The number of hydrogen-bond acceptors (Lipinski definition) is 7. The van der Waals surface area contributed by atoms with Crippen LogP contribution in [0.3, 0.4) is 0 Å². The van der Waals surface area contributed by atoms with Crippen LogP contribution in [0.25, 0.3) is 0 Å². The molecule has 9 nitrogen and oxygen atoms in total. The molecule has 2 atom stereocenters. The number of piperidine rings is 2. The number of fused-ring (bicyclic) bond motifs is 1. The quantitative estimate of drug-likeness (QED) is 0.554. The molecular formula is C23H30N4O5. The molecule has 5 rings (SSSR count). The number of carbonyl (C=O) groups excluding carboxylic acids is 3. The first-order valence-electron chi connectivity index (χ1n) is 11.5. The first-order valence-corrected chi connectivity index (χ1v) is 11.5. The van der Waals surface area contributed by atoms with Gasteiger partial charge in [0, 0.05) is 31.6 Å². The fourth-order valence-electron chi connectivity index (χ4n) is 5.16. The smallest absolute Gasteiger partial charge is 0.255 e. The lowest BCUT2D eigenvalue weighted by molar-refractivity contribution is -0.206. The standard InChI is InChI=1S/C23H30N4O5/c28-20-4-3-19(21(29)26-20)27-12-16-9-15(1-2-18(16)22(27)30)10-25-11-17-13-31-14-23(32-17)5-7-24-8-6-23/h1-2,9,17,19,24-25H,3-8,10-14H2,(H,26,28,29). The lowest BCUT2D eigenvalue weighted by Crippen LogP contribution is -2.55. The van der Waals surface area contributed by atoms with Gasteiger partial charge in [-0.25, -0.2) is 0 Å². The average Bonchev–Trinajstić information content (AvgIpc) is 3.10. The van der Waals surface area contributed by atoms with E-state index in [0.717, 1.165) is 37.1 Å². The molecule has 0 saturated carbocycles. The number of nitrogens with zero attached hydrogens (tertiary/aromatic N) is 1. The van der Waals surface area contributed by atoms with Crippen molar-refractivity contribution in [3.05, 3.63) is 34.9 Å². The normalized spacial score (nSPS) is 27.5. The second kappa shape index (κ2) is 8.90. The number of carbonyl (C=O) groups is 3. The molecule has 3 amide bonds. The van der Waals surface area contributed by atoms with E-state index in [0.29, 0.717) is 44.8 Å². The molecule has 3 fully saturated rings. The summed E-state index contributed by atoms with van der Waals surface area (Å²) < 4.78 is 12.2. The van der Waals surface area contributed by atoms with Crippen molar-refractivity contribution < 1.29 is 23.9 Å². The average molecular weight is 443 g/mol. The maximum absolute atomic E-state index is 12.8. The van der Waals surface area contributed by atoms with E-state index in [1.807, 2.05) is 18.2 Å². The van der Waals surface area contributed by atoms with Gasteiger partial charge in [0.1, 0.15) is 6.04 Å². The number of imide groups is 1. The van der Waals surface area contributed by atoms with Crippen LogP contribution in [0.2, 0.25) is 0 Å². The predicted octanol–water partition coefficient (Wildman–Crippen LogP) is 0.0748. The molecule has 4 aliphatic rings. The van der Waals surface area contributed by atoms with Crippen molar-refractivity contribution in [3.63, 3.8) is 0 Å². The Morgan fingerprint density at radius 2 is 2.03 bits per heavy atom. The van der Waals surface area contributed by atoms with Crippen LogP contribution < -0.4 is 16.0 Å². The van der Waals surface area contributed by atoms with Gasteiger partial charge in [-0.2, -0.15) is 0 Å². The molecule has 4 aliphatic heterocycles. The van der Waals surface area contributed by atoms with Crippen molar-refractivity contribution in [3.8, 4) is 0 Å². The molecule has 1 aromatic rings. The lowest BCUT2D eigenvalue weighted by Gasteiger charge is -2.43. The minimum atomic E-state index is -0.583. The minimum absolute atomic E-state index is 0.0286. The highest BCUT2D eigenvalue weighted by Gasteiger charge is 2.40. The van der Waals surface area contributed by atoms with Crippen LogP contribution in [0.15, 0.2) is 18.2 Å². The summed E-state index contributed by atoms with van der Waals surface area (Å²) in [6.45, 7) is 4.96. The van der Waals surface area contributed by atoms with Crippen LogP contribution in [0.4, 0.5) is 0 Å². The Bertz CT molecular complexity index is 908. The Kier molecular flexibility index (Phi) is 5.98. The van der Waals surface area contributed by atoms with E-state index in [9.17, 15) is 14.4 Å². The van der Waals surface area contributed by atoms with E-state index in [2.05, 4.69) is 16.0 Å². The van der Waals surface area contributed by atoms with Crippen LogP contribution in [0.5, 0.6) is 0 Å². The van der Waals surface area contributed by atoms with Crippen molar-refractivity contribution in [1.82, 2.24) is 20.9 Å². The number of nitrogens with one attached hydrogen (secondary N) is 3. The summed E-state index contributed by atoms with van der Waals surface area (Å²) in [4.78, 5) is 38.0. The Balaban J connectivity index is 1.16. The number of ether oxygens (including phenoxy) is 2. The summed E-state index contributed by atoms with van der Waals surface area (Å²) in [5.74, 6) is -0.804. The van der Waals surface area contributed by atoms with Crippen molar-refractivity contribution >= 4 is 17.7 Å². The summed E-state index contributed by atoms with van der Waals surface area (Å²) in [6.07, 6.45) is 2.62. The molecule has 0 radical (unpaired) electrons. The first kappa shape index (κ1) is 21.5. The van der Waals surface area contributed by atoms with Gasteiger partial charge in [0.25, 0.3) is 5.91 Å². The number of amides is 3. The monoisotopic (exact) mass is 442 g/mol. The van der Waals surface area contributed by atoms with Gasteiger partial charge >= 0.3 is 0 Å². The fourth-order valence-corrected chi connectivity index (χ4v) is 5.16. The second-order valence-corrected chi connectivity index (χ2v) is 9.21. The zero-order valence-electron chi connectivity index (χ0n) is 18.2. The van der Waals surface area contributed by atoms with Gasteiger partial charge in [-0.1, -0.05) is 12.1 Å². The molecule has 9 heteroatoms. The maximum atomic E-state index is 12.8. The molecule has 3 saturated heterocycles. The molecule has 2 unspecified atom stereocenters.